The Labute approximate surface area is 124 Å². The van der Waals surface area contributed by atoms with Gasteiger partial charge >= 0.3 is 0 Å². The summed E-state index contributed by atoms with van der Waals surface area (Å²) in [5.74, 6) is 0.227. The van der Waals surface area contributed by atoms with Crippen molar-refractivity contribution in [3.63, 3.8) is 0 Å². The van der Waals surface area contributed by atoms with Gasteiger partial charge < -0.3 is 14.6 Å². The first kappa shape index (κ1) is 14.3. The van der Waals surface area contributed by atoms with Crippen LogP contribution in [0.3, 0.4) is 0 Å². The average Bonchev–Trinajstić information content (AvgIpc) is 2.86. The zero-order chi connectivity index (χ0) is 14.2. The van der Waals surface area contributed by atoms with Crippen LogP contribution in [-0.4, -0.2) is 30.5 Å². The Balaban J connectivity index is 1.77. The molecule has 2 aliphatic rings. The maximum Gasteiger partial charge on any atom is 0.0940 e. The van der Waals surface area contributed by atoms with E-state index in [0.717, 1.165) is 37.0 Å². The number of rotatable bonds is 2. The van der Waals surface area contributed by atoms with Crippen LogP contribution >= 0.6 is 11.6 Å². The number of halogens is 1. The summed E-state index contributed by atoms with van der Waals surface area (Å²) >= 11 is 5.99. The number of benzene rings is 1. The first-order valence-electron chi connectivity index (χ1n) is 7.25. The van der Waals surface area contributed by atoms with Crippen LogP contribution in [0.1, 0.15) is 36.5 Å². The molecule has 3 rings (SSSR count). The third-order valence-corrected chi connectivity index (χ3v) is 4.83. The number of aliphatic hydroxyl groups is 1. The molecule has 0 radical (unpaired) electrons. The van der Waals surface area contributed by atoms with Crippen molar-refractivity contribution in [3.8, 4) is 0 Å². The van der Waals surface area contributed by atoms with Crippen LogP contribution in [0.2, 0.25) is 5.02 Å². The van der Waals surface area contributed by atoms with Crippen molar-refractivity contribution in [3.05, 3.63) is 34.3 Å². The van der Waals surface area contributed by atoms with Crippen LogP contribution in [0, 0.1) is 12.8 Å². The Morgan fingerprint density at radius 2 is 2.25 bits per heavy atom. The lowest BCUT2D eigenvalue weighted by Crippen LogP contribution is -2.41. The van der Waals surface area contributed by atoms with Crippen molar-refractivity contribution in [1.82, 2.24) is 0 Å². The summed E-state index contributed by atoms with van der Waals surface area (Å²) in [5.41, 5.74) is 1.87. The second-order valence-electron chi connectivity index (χ2n) is 6.03. The summed E-state index contributed by atoms with van der Waals surface area (Å²) in [7, 11) is 0. The lowest BCUT2D eigenvalue weighted by atomic mass is 9.79. The van der Waals surface area contributed by atoms with Gasteiger partial charge in [-0.2, -0.15) is 0 Å². The van der Waals surface area contributed by atoms with Gasteiger partial charge in [-0.1, -0.05) is 17.7 Å². The summed E-state index contributed by atoms with van der Waals surface area (Å²) in [4.78, 5) is 0. The van der Waals surface area contributed by atoms with Gasteiger partial charge in [0.25, 0.3) is 0 Å². The highest BCUT2D eigenvalue weighted by atomic mass is 35.5. The molecular formula is C16H21ClO3. The maximum absolute atomic E-state index is 10.7. The fraction of sp³-hybridized carbons (Fsp3) is 0.625. The average molecular weight is 297 g/mol. The Morgan fingerprint density at radius 1 is 1.40 bits per heavy atom. The Kier molecular flexibility index (Phi) is 4.04. The summed E-state index contributed by atoms with van der Waals surface area (Å²) in [5, 5.41) is 11.4. The Bertz CT molecular complexity index is 483. The predicted molar refractivity (Wildman–Crippen MR) is 78.0 cm³/mol. The zero-order valence-electron chi connectivity index (χ0n) is 11.8. The molecule has 0 amide bonds. The molecule has 2 saturated heterocycles. The summed E-state index contributed by atoms with van der Waals surface area (Å²) in [6.45, 7) is 4.13. The quantitative estimate of drug-likeness (QED) is 0.910. The lowest BCUT2D eigenvalue weighted by Gasteiger charge is -2.39. The van der Waals surface area contributed by atoms with E-state index in [1.54, 1.807) is 0 Å². The minimum absolute atomic E-state index is 0.162. The first-order valence-corrected chi connectivity index (χ1v) is 7.63. The van der Waals surface area contributed by atoms with Crippen LogP contribution in [0.15, 0.2) is 18.2 Å². The van der Waals surface area contributed by atoms with Gasteiger partial charge in [-0.25, -0.2) is 0 Å². The molecule has 3 nitrogen and oxygen atoms in total. The summed E-state index contributed by atoms with van der Waals surface area (Å²) in [6, 6.07) is 5.70. The molecule has 0 bridgehead atoms. The van der Waals surface area contributed by atoms with Crippen molar-refractivity contribution in [1.29, 1.82) is 0 Å². The number of hydrogen-bond donors (Lipinski definition) is 1. The zero-order valence-corrected chi connectivity index (χ0v) is 12.5. The van der Waals surface area contributed by atoms with Gasteiger partial charge in [0.15, 0.2) is 0 Å². The fourth-order valence-corrected chi connectivity index (χ4v) is 3.65. The fourth-order valence-electron chi connectivity index (χ4n) is 3.42. The smallest absolute Gasteiger partial charge is 0.0940 e. The topological polar surface area (TPSA) is 38.7 Å². The van der Waals surface area contributed by atoms with Gasteiger partial charge in [-0.3, -0.25) is 0 Å². The van der Waals surface area contributed by atoms with Gasteiger partial charge in [0.05, 0.1) is 18.3 Å². The number of ether oxygens (including phenoxy) is 2. The van der Waals surface area contributed by atoms with Gasteiger partial charge in [0, 0.05) is 24.7 Å². The Hall–Kier alpha value is -0.610. The van der Waals surface area contributed by atoms with Crippen LogP contribution in [0.4, 0.5) is 0 Å². The molecule has 1 N–H and O–H groups in total. The standard InChI is InChI=1S/C16H21ClO3/c1-11-8-13(17)2-3-14(11)15(18)12-4-6-20-16(9-12)5-7-19-10-16/h2-3,8,12,15,18H,4-7,9-10H2,1H3. The van der Waals surface area contributed by atoms with Gasteiger partial charge in [-0.15, -0.1) is 0 Å². The molecule has 3 unspecified atom stereocenters. The van der Waals surface area contributed by atoms with Crippen LogP contribution < -0.4 is 0 Å². The summed E-state index contributed by atoms with van der Waals surface area (Å²) < 4.78 is 11.4. The monoisotopic (exact) mass is 296 g/mol. The molecule has 20 heavy (non-hydrogen) atoms. The molecule has 0 aromatic heterocycles. The normalized spacial score (nSPS) is 31.6. The van der Waals surface area contributed by atoms with Gasteiger partial charge in [-0.05, 0) is 48.9 Å². The minimum atomic E-state index is -0.450. The highest BCUT2D eigenvalue weighted by Gasteiger charge is 2.43. The molecular weight excluding hydrogens is 276 g/mol. The van der Waals surface area contributed by atoms with E-state index in [1.807, 2.05) is 25.1 Å². The second-order valence-corrected chi connectivity index (χ2v) is 6.47. The van der Waals surface area contributed by atoms with E-state index in [-0.39, 0.29) is 11.5 Å². The van der Waals surface area contributed by atoms with Crippen LogP contribution in [0.5, 0.6) is 0 Å². The number of hydrogen-bond acceptors (Lipinski definition) is 3. The van der Waals surface area contributed by atoms with Gasteiger partial charge in [0.2, 0.25) is 0 Å². The molecule has 2 heterocycles. The molecule has 3 atom stereocenters. The highest BCUT2D eigenvalue weighted by molar-refractivity contribution is 6.30. The van der Waals surface area contributed by atoms with E-state index in [0.29, 0.717) is 18.2 Å². The molecule has 1 aromatic carbocycles. The van der Waals surface area contributed by atoms with E-state index in [2.05, 4.69) is 0 Å². The first-order chi connectivity index (χ1) is 9.60. The summed E-state index contributed by atoms with van der Waals surface area (Å²) in [6.07, 6.45) is 2.26. The van der Waals surface area contributed by atoms with E-state index >= 15 is 0 Å². The lowest BCUT2D eigenvalue weighted by molar-refractivity contribution is -0.117. The van der Waals surface area contributed by atoms with E-state index < -0.39 is 6.10 Å². The molecule has 1 spiro atoms. The van der Waals surface area contributed by atoms with Gasteiger partial charge in [0.1, 0.15) is 0 Å². The molecule has 2 aliphatic heterocycles. The third kappa shape index (κ3) is 2.73. The Morgan fingerprint density at radius 3 is 2.95 bits per heavy atom. The molecule has 110 valence electrons. The molecule has 1 aromatic rings. The van der Waals surface area contributed by atoms with Crippen LogP contribution in [-0.2, 0) is 9.47 Å². The SMILES string of the molecule is Cc1cc(Cl)ccc1C(O)C1CCOC2(CCOC2)C1. The minimum Gasteiger partial charge on any atom is -0.388 e. The highest BCUT2D eigenvalue weighted by Crippen LogP contribution is 2.41. The van der Waals surface area contributed by atoms with E-state index in [1.165, 1.54) is 0 Å². The van der Waals surface area contributed by atoms with Crippen molar-refractivity contribution < 1.29 is 14.6 Å². The maximum atomic E-state index is 10.7. The molecule has 0 saturated carbocycles. The van der Waals surface area contributed by atoms with Crippen LogP contribution in [0.25, 0.3) is 0 Å². The third-order valence-electron chi connectivity index (χ3n) is 4.60. The largest absolute Gasteiger partial charge is 0.388 e. The molecule has 4 heteroatoms. The molecule has 2 fully saturated rings. The van der Waals surface area contributed by atoms with E-state index in [4.69, 9.17) is 21.1 Å². The van der Waals surface area contributed by atoms with E-state index in [9.17, 15) is 5.11 Å². The van der Waals surface area contributed by atoms with Crippen molar-refractivity contribution in [2.75, 3.05) is 19.8 Å². The number of aryl methyl sites for hydroxylation is 1. The molecule has 0 aliphatic carbocycles. The van der Waals surface area contributed by atoms with Crippen molar-refractivity contribution >= 4 is 11.6 Å². The van der Waals surface area contributed by atoms with Crippen molar-refractivity contribution in [2.45, 2.75) is 37.9 Å². The number of aliphatic hydroxyl groups excluding tert-OH is 1. The predicted octanol–water partition coefficient (Wildman–Crippen LogP) is 3.27. The van der Waals surface area contributed by atoms with Crippen molar-refractivity contribution in [2.24, 2.45) is 5.92 Å². The second kappa shape index (κ2) is 5.64.